The summed E-state index contributed by atoms with van der Waals surface area (Å²) in [6.07, 6.45) is 4.36. The quantitative estimate of drug-likeness (QED) is 0.532. The minimum atomic E-state index is 0.379. The summed E-state index contributed by atoms with van der Waals surface area (Å²) in [5.74, 6) is 0.646. The summed E-state index contributed by atoms with van der Waals surface area (Å²) in [6.45, 7) is 0.379. The lowest BCUT2D eigenvalue weighted by Gasteiger charge is -2.05. The Labute approximate surface area is 47.4 Å². The summed E-state index contributed by atoms with van der Waals surface area (Å²) in [6, 6.07) is 0. The summed E-state index contributed by atoms with van der Waals surface area (Å²) >= 11 is 0. The van der Waals surface area contributed by atoms with Gasteiger partial charge in [-0.15, -0.1) is 0 Å². The van der Waals surface area contributed by atoms with E-state index in [2.05, 4.69) is 0 Å². The predicted octanol–water partition coefficient (Wildman–Crippen LogP) is 0.305. The number of hydrogen-bond acceptors (Lipinski definition) is 3. The Bertz CT molecular complexity index is 128. The van der Waals surface area contributed by atoms with E-state index in [4.69, 9.17) is 15.2 Å². The van der Waals surface area contributed by atoms with Gasteiger partial charge in [-0.1, -0.05) is 0 Å². The second-order valence-electron chi connectivity index (χ2n) is 1.31. The van der Waals surface area contributed by atoms with Gasteiger partial charge in [0.25, 0.3) is 0 Å². The highest BCUT2D eigenvalue weighted by atomic mass is 16.5. The van der Waals surface area contributed by atoms with Crippen molar-refractivity contribution in [2.45, 2.75) is 0 Å². The van der Waals surface area contributed by atoms with Gasteiger partial charge in [-0.05, 0) is 0 Å². The molecule has 0 aromatic carbocycles. The highest BCUT2D eigenvalue weighted by molar-refractivity contribution is 4.95. The van der Waals surface area contributed by atoms with E-state index in [0.29, 0.717) is 12.3 Å². The Balaban J connectivity index is 2.43. The highest BCUT2D eigenvalue weighted by Gasteiger charge is 1.94. The van der Waals surface area contributed by atoms with Gasteiger partial charge in [-0.3, -0.25) is 0 Å². The van der Waals surface area contributed by atoms with E-state index in [1.807, 2.05) is 0 Å². The Hall–Kier alpha value is -0.960. The molecule has 0 amide bonds. The minimum absolute atomic E-state index is 0.379. The smallest absolute Gasteiger partial charge is 0.152 e. The molecule has 44 valence electrons. The van der Waals surface area contributed by atoms with Crippen LogP contribution in [0, 0.1) is 0 Å². The molecule has 0 atom stereocenters. The maximum Gasteiger partial charge on any atom is 0.152 e. The van der Waals surface area contributed by atoms with Crippen molar-refractivity contribution < 1.29 is 9.47 Å². The van der Waals surface area contributed by atoms with E-state index in [1.54, 1.807) is 0 Å². The first-order valence-electron chi connectivity index (χ1n) is 2.30. The van der Waals surface area contributed by atoms with Crippen molar-refractivity contribution >= 4 is 0 Å². The van der Waals surface area contributed by atoms with Crippen molar-refractivity contribution in [2.24, 2.45) is 5.73 Å². The fraction of sp³-hybridized carbons (Fsp3) is 0.200. The van der Waals surface area contributed by atoms with Crippen molar-refractivity contribution in [3.63, 3.8) is 0 Å². The maximum absolute atomic E-state index is 5.20. The van der Waals surface area contributed by atoms with Crippen LogP contribution in [0.4, 0.5) is 0 Å². The van der Waals surface area contributed by atoms with E-state index in [-0.39, 0.29) is 0 Å². The first-order valence-corrected chi connectivity index (χ1v) is 2.30. The molecular weight excluding hydrogens is 106 g/mol. The van der Waals surface area contributed by atoms with Gasteiger partial charge in [0.2, 0.25) is 0 Å². The van der Waals surface area contributed by atoms with Gasteiger partial charge < -0.3 is 15.2 Å². The molecule has 1 heterocycles. The van der Waals surface area contributed by atoms with Crippen LogP contribution in [0.5, 0.6) is 0 Å². The highest BCUT2D eigenvalue weighted by Crippen LogP contribution is 2.01. The van der Waals surface area contributed by atoms with E-state index in [9.17, 15) is 0 Å². The fourth-order valence-corrected chi connectivity index (χ4v) is 0.386. The van der Waals surface area contributed by atoms with Gasteiger partial charge in [0.15, 0.2) is 5.76 Å². The second kappa shape index (κ2) is 2.37. The van der Waals surface area contributed by atoms with Crippen molar-refractivity contribution in [3.05, 3.63) is 24.5 Å². The fourth-order valence-electron chi connectivity index (χ4n) is 0.386. The van der Waals surface area contributed by atoms with Gasteiger partial charge in [0, 0.05) is 0 Å². The zero-order valence-corrected chi connectivity index (χ0v) is 4.33. The summed E-state index contributed by atoms with van der Waals surface area (Å²) in [7, 11) is 0. The lowest BCUT2D eigenvalue weighted by atomic mass is 10.5. The average Bonchev–Trinajstić information content (AvgIpc) is 1.90. The molecule has 0 bridgehead atoms. The van der Waals surface area contributed by atoms with E-state index >= 15 is 0 Å². The van der Waals surface area contributed by atoms with Gasteiger partial charge in [0.05, 0.1) is 6.54 Å². The number of hydrogen-bond donors (Lipinski definition) is 1. The van der Waals surface area contributed by atoms with Gasteiger partial charge in [0.1, 0.15) is 18.8 Å². The third-order valence-electron chi connectivity index (χ3n) is 0.754. The molecular formula is C5H7NO2. The zero-order chi connectivity index (χ0) is 5.82. The molecule has 0 saturated carbocycles. The molecule has 0 aromatic rings. The van der Waals surface area contributed by atoms with Crippen molar-refractivity contribution in [1.29, 1.82) is 0 Å². The van der Waals surface area contributed by atoms with Crippen molar-refractivity contribution in [2.75, 3.05) is 6.54 Å². The summed E-state index contributed by atoms with van der Waals surface area (Å²) in [4.78, 5) is 0. The van der Waals surface area contributed by atoms with Crippen LogP contribution in [0.2, 0.25) is 0 Å². The van der Waals surface area contributed by atoms with E-state index < -0.39 is 0 Å². The Morgan fingerprint density at radius 1 is 1.50 bits per heavy atom. The Kier molecular flexibility index (Phi) is 1.54. The lowest BCUT2D eigenvalue weighted by molar-refractivity contribution is 0.254. The third kappa shape index (κ3) is 1.01. The van der Waals surface area contributed by atoms with E-state index in [0.717, 1.165) is 0 Å². The van der Waals surface area contributed by atoms with Crippen LogP contribution in [-0.2, 0) is 9.47 Å². The molecule has 2 N–H and O–H groups in total. The van der Waals surface area contributed by atoms with Gasteiger partial charge in [-0.25, -0.2) is 0 Å². The van der Waals surface area contributed by atoms with E-state index in [1.165, 1.54) is 18.8 Å². The molecule has 1 aliphatic rings. The number of nitrogens with two attached hydrogens (primary N) is 1. The molecule has 0 aromatic heterocycles. The topological polar surface area (TPSA) is 44.5 Å². The average molecular weight is 113 g/mol. The van der Waals surface area contributed by atoms with Crippen LogP contribution in [-0.4, -0.2) is 6.54 Å². The number of ether oxygens (including phenoxy) is 2. The molecule has 3 heteroatoms. The second-order valence-corrected chi connectivity index (χ2v) is 1.31. The van der Waals surface area contributed by atoms with Gasteiger partial charge >= 0.3 is 0 Å². The predicted molar refractivity (Wildman–Crippen MR) is 28.4 cm³/mol. The van der Waals surface area contributed by atoms with Crippen molar-refractivity contribution in [3.8, 4) is 0 Å². The minimum Gasteiger partial charge on any atom is -0.466 e. The van der Waals surface area contributed by atoms with Crippen LogP contribution < -0.4 is 5.73 Å². The monoisotopic (exact) mass is 113 g/mol. The largest absolute Gasteiger partial charge is 0.466 e. The SMILES string of the molecule is NCC1=COC=CO1. The molecule has 0 saturated heterocycles. The molecule has 1 aliphatic heterocycles. The Morgan fingerprint density at radius 2 is 2.38 bits per heavy atom. The standard InChI is InChI=1S/C5H7NO2/c6-3-5-4-7-1-2-8-5/h1-2,4H,3,6H2. The van der Waals surface area contributed by atoms with Crippen LogP contribution in [0.1, 0.15) is 0 Å². The molecule has 0 aliphatic carbocycles. The zero-order valence-electron chi connectivity index (χ0n) is 4.33. The summed E-state index contributed by atoms with van der Waals surface area (Å²) in [5.41, 5.74) is 5.20. The summed E-state index contributed by atoms with van der Waals surface area (Å²) in [5, 5.41) is 0. The van der Waals surface area contributed by atoms with Gasteiger partial charge in [-0.2, -0.15) is 0 Å². The number of rotatable bonds is 1. The molecule has 0 fully saturated rings. The normalized spacial score (nSPS) is 16.4. The van der Waals surface area contributed by atoms with Crippen LogP contribution >= 0.6 is 0 Å². The summed E-state index contributed by atoms with van der Waals surface area (Å²) < 4.78 is 9.58. The Morgan fingerprint density at radius 3 is 2.75 bits per heavy atom. The first-order chi connectivity index (χ1) is 3.93. The van der Waals surface area contributed by atoms with Crippen LogP contribution in [0.15, 0.2) is 24.5 Å². The first kappa shape index (κ1) is 5.18. The molecule has 3 nitrogen and oxygen atoms in total. The molecule has 8 heavy (non-hydrogen) atoms. The lowest BCUT2D eigenvalue weighted by Crippen LogP contribution is -2.05. The maximum atomic E-state index is 5.20. The van der Waals surface area contributed by atoms with Crippen molar-refractivity contribution in [1.82, 2.24) is 0 Å². The molecule has 0 unspecified atom stereocenters. The van der Waals surface area contributed by atoms with Crippen LogP contribution in [0.25, 0.3) is 0 Å². The van der Waals surface area contributed by atoms with Crippen LogP contribution in [0.3, 0.4) is 0 Å². The third-order valence-corrected chi connectivity index (χ3v) is 0.754. The molecule has 0 radical (unpaired) electrons. The molecule has 0 spiro atoms. The molecule has 1 rings (SSSR count).